The second-order valence-corrected chi connectivity index (χ2v) is 6.51. The van der Waals surface area contributed by atoms with Crippen molar-refractivity contribution < 1.29 is 0 Å². The van der Waals surface area contributed by atoms with E-state index in [1.807, 2.05) is 48.5 Å². The van der Waals surface area contributed by atoms with E-state index in [2.05, 4.69) is 39.3 Å². The van der Waals surface area contributed by atoms with Gasteiger partial charge in [-0.3, -0.25) is 9.78 Å². The molecule has 0 atom stereocenters. The minimum atomic E-state index is -0.518. The number of unbranched alkanes of at least 4 members (excludes halogenated alkanes) is 2. The smallest absolute Gasteiger partial charge is 0.270 e. The predicted molar refractivity (Wildman–Crippen MR) is 119 cm³/mol. The molecule has 2 N–H and O–H groups in total. The summed E-state index contributed by atoms with van der Waals surface area (Å²) in [5.41, 5.74) is 5.00. The molecule has 2 aromatic carbocycles. The van der Waals surface area contributed by atoms with Gasteiger partial charge in [-0.15, -0.1) is 0 Å². The minimum Gasteiger partial charge on any atom is -0.290 e. The van der Waals surface area contributed by atoms with Gasteiger partial charge in [0.15, 0.2) is 0 Å². The Labute approximate surface area is 175 Å². The molecule has 0 fully saturated rings. The fraction of sp³-hybridized carbons (Fsp3) is 0.167. The molecule has 1 heterocycles. The van der Waals surface area contributed by atoms with E-state index in [0.717, 1.165) is 30.4 Å². The third-order valence-electron chi connectivity index (χ3n) is 4.26. The number of aromatic amines is 1. The standard InChI is InChI=1S/C24H21N5O/c1-2-3-4-6-9-18-12-14-19(15-13-18)17-26-29-24-27-22(20-10-7-5-8-11-20)21(16-25)23(30)28-24/h5,7-8,10-15,17H,2-4H2,1H3,(H2,27,28,29,30). The fourth-order valence-corrected chi connectivity index (χ4v) is 2.69. The summed E-state index contributed by atoms with van der Waals surface area (Å²) in [6.45, 7) is 2.15. The first-order valence-corrected chi connectivity index (χ1v) is 9.69. The quantitative estimate of drug-likeness (QED) is 0.282. The highest BCUT2D eigenvalue weighted by Crippen LogP contribution is 2.19. The van der Waals surface area contributed by atoms with Crippen LogP contribution in [-0.4, -0.2) is 16.2 Å². The fourth-order valence-electron chi connectivity index (χ4n) is 2.69. The normalized spacial score (nSPS) is 10.3. The molecule has 6 heteroatoms. The van der Waals surface area contributed by atoms with Crippen molar-refractivity contribution in [3.8, 4) is 29.2 Å². The van der Waals surface area contributed by atoms with Gasteiger partial charge in [-0.05, 0) is 24.1 Å². The van der Waals surface area contributed by atoms with Crippen LogP contribution in [0.1, 0.15) is 42.9 Å². The first-order valence-electron chi connectivity index (χ1n) is 9.69. The molecule has 3 aromatic rings. The van der Waals surface area contributed by atoms with Gasteiger partial charge in [0.25, 0.3) is 5.56 Å². The molecule has 148 valence electrons. The van der Waals surface area contributed by atoms with Crippen LogP contribution in [0.5, 0.6) is 0 Å². The molecule has 0 saturated carbocycles. The maximum absolute atomic E-state index is 12.2. The maximum atomic E-state index is 12.2. The molecular formula is C24H21N5O. The molecule has 0 unspecified atom stereocenters. The number of rotatable bonds is 6. The number of anilines is 1. The second-order valence-electron chi connectivity index (χ2n) is 6.51. The van der Waals surface area contributed by atoms with Gasteiger partial charge in [0.2, 0.25) is 5.95 Å². The second kappa shape index (κ2) is 10.4. The Morgan fingerprint density at radius 3 is 2.63 bits per heavy atom. The molecule has 1 aromatic heterocycles. The van der Waals surface area contributed by atoms with E-state index in [1.54, 1.807) is 18.3 Å². The van der Waals surface area contributed by atoms with E-state index in [1.165, 1.54) is 0 Å². The largest absolute Gasteiger partial charge is 0.290 e. The van der Waals surface area contributed by atoms with Crippen LogP contribution < -0.4 is 11.0 Å². The van der Waals surface area contributed by atoms with Gasteiger partial charge < -0.3 is 0 Å². The first-order chi connectivity index (χ1) is 14.7. The van der Waals surface area contributed by atoms with Crippen LogP contribution in [0.2, 0.25) is 0 Å². The molecule has 30 heavy (non-hydrogen) atoms. The number of nitrogens with one attached hydrogen (secondary N) is 2. The summed E-state index contributed by atoms with van der Waals surface area (Å²) in [4.78, 5) is 19.1. The van der Waals surface area contributed by atoms with Crippen LogP contribution in [0.4, 0.5) is 5.95 Å². The topological polar surface area (TPSA) is 93.9 Å². The molecule has 3 rings (SSSR count). The van der Waals surface area contributed by atoms with Gasteiger partial charge in [-0.25, -0.2) is 10.4 Å². The zero-order valence-corrected chi connectivity index (χ0v) is 16.6. The Bertz CT molecular complexity index is 1180. The molecule has 0 radical (unpaired) electrons. The maximum Gasteiger partial charge on any atom is 0.270 e. The summed E-state index contributed by atoms with van der Waals surface area (Å²) in [6.07, 6.45) is 4.78. The van der Waals surface area contributed by atoms with Gasteiger partial charge in [0, 0.05) is 17.5 Å². The van der Waals surface area contributed by atoms with Gasteiger partial charge in [0.05, 0.1) is 11.9 Å². The van der Waals surface area contributed by atoms with Gasteiger partial charge in [0.1, 0.15) is 11.6 Å². The minimum absolute atomic E-state index is 0.0358. The van der Waals surface area contributed by atoms with Crippen molar-refractivity contribution in [2.24, 2.45) is 5.10 Å². The van der Waals surface area contributed by atoms with Crippen LogP contribution in [0.3, 0.4) is 0 Å². The lowest BCUT2D eigenvalue weighted by Crippen LogP contribution is -2.16. The number of nitrogens with zero attached hydrogens (tertiary/aromatic N) is 3. The third-order valence-corrected chi connectivity index (χ3v) is 4.26. The van der Waals surface area contributed by atoms with Gasteiger partial charge in [-0.1, -0.05) is 67.6 Å². The molecule has 0 aliphatic heterocycles. The van der Waals surface area contributed by atoms with Gasteiger partial charge >= 0.3 is 0 Å². The summed E-state index contributed by atoms with van der Waals surface area (Å²) in [7, 11) is 0. The molecule has 0 bridgehead atoms. The highest BCUT2D eigenvalue weighted by molar-refractivity contribution is 5.80. The van der Waals surface area contributed by atoms with E-state index in [9.17, 15) is 10.1 Å². The molecule has 0 aliphatic carbocycles. The van der Waals surface area contributed by atoms with E-state index < -0.39 is 5.56 Å². The molecule has 0 amide bonds. The average Bonchev–Trinajstić information content (AvgIpc) is 2.78. The van der Waals surface area contributed by atoms with E-state index in [0.29, 0.717) is 11.3 Å². The number of nitriles is 1. The number of benzene rings is 2. The summed E-state index contributed by atoms with van der Waals surface area (Å²) in [5, 5.41) is 13.4. The van der Waals surface area contributed by atoms with Gasteiger partial charge in [-0.2, -0.15) is 10.4 Å². The summed E-state index contributed by atoms with van der Waals surface area (Å²) in [5.74, 6) is 6.46. The van der Waals surface area contributed by atoms with Crippen molar-refractivity contribution >= 4 is 12.2 Å². The number of hydrogen-bond donors (Lipinski definition) is 2. The first kappa shape index (κ1) is 20.6. The monoisotopic (exact) mass is 395 g/mol. The van der Waals surface area contributed by atoms with E-state index in [4.69, 9.17) is 0 Å². The summed E-state index contributed by atoms with van der Waals surface area (Å²) in [6, 6.07) is 18.7. The number of hydrogen-bond acceptors (Lipinski definition) is 5. The Morgan fingerprint density at radius 2 is 1.93 bits per heavy atom. The number of aromatic nitrogens is 2. The van der Waals surface area contributed by atoms with Crippen molar-refractivity contribution in [3.63, 3.8) is 0 Å². The number of H-pyrrole nitrogens is 1. The van der Waals surface area contributed by atoms with Crippen molar-refractivity contribution in [1.82, 2.24) is 9.97 Å². The Hall–Kier alpha value is -4.16. The van der Waals surface area contributed by atoms with E-state index >= 15 is 0 Å². The van der Waals surface area contributed by atoms with Crippen LogP contribution in [0, 0.1) is 23.2 Å². The predicted octanol–water partition coefficient (Wildman–Crippen LogP) is 4.30. The molecule has 0 spiro atoms. The van der Waals surface area contributed by atoms with Crippen LogP contribution in [-0.2, 0) is 0 Å². The van der Waals surface area contributed by atoms with Crippen molar-refractivity contribution in [3.05, 3.63) is 81.6 Å². The van der Waals surface area contributed by atoms with Crippen molar-refractivity contribution in [2.75, 3.05) is 5.43 Å². The zero-order chi connectivity index (χ0) is 21.2. The van der Waals surface area contributed by atoms with Crippen LogP contribution in [0.25, 0.3) is 11.3 Å². The third kappa shape index (κ3) is 5.43. The summed E-state index contributed by atoms with van der Waals surface area (Å²) < 4.78 is 0. The van der Waals surface area contributed by atoms with Crippen molar-refractivity contribution in [2.45, 2.75) is 26.2 Å². The molecule has 0 aliphatic rings. The highest BCUT2D eigenvalue weighted by atomic mass is 16.1. The summed E-state index contributed by atoms with van der Waals surface area (Å²) >= 11 is 0. The molecule has 6 nitrogen and oxygen atoms in total. The number of hydrazone groups is 1. The lowest BCUT2D eigenvalue weighted by atomic mass is 10.1. The lowest BCUT2D eigenvalue weighted by Gasteiger charge is -2.05. The average molecular weight is 395 g/mol. The van der Waals surface area contributed by atoms with E-state index in [-0.39, 0.29) is 11.5 Å². The van der Waals surface area contributed by atoms with Crippen LogP contribution >= 0.6 is 0 Å². The molecular weight excluding hydrogens is 374 g/mol. The highest BCUT2D eigenvalue weighted by Gasteiger charge is 2.12. The van der Waals surface area contributed by atoms with Crippen molar-refractivity contribution in [1.29, 1.82) is 5.26 Å². The zero-order valence-electron chi connectivity index (χ0n) is 16.6. The Morgan fingerprint density at radius 1 is 1.17 bits per heavy atom. The Balaban J connectivity index is 1.73. The van der Waals surface area contributed by atoms with Crippen LogP contribution in [0.15, 0.2) is 64.5 Å². The molecule has 0 saturated heterocycles. The Kier molecular flexibility index (Phi) is 7.13. The SMILES string of the molecule is CCCCC#Cc1ccc(C=NNc2nc(-c3ccccc3)c(C#N)c(=O)[nH]2)cc1. The lowest BCUT2D eigenvalue weighted by molar-refractivity contribution is 0.828.